The third-order valence-electron chi connectivity index (χ3n) is 2.10. The molecule has 1 heterocycles. The summed E-state index contributed by atoms with van der Waals surface area (Å²) in [5.74, 6) is 0. The maximum Gasteiger partial charge on any atom is 0.189 e. The molecular weight excluding hydrogens is 220 g/mol. The van der Waals surface area contributed by atoms with E-state index in [4.69, 9.17) is 12.2 Å². The molecule has 0 unspecified atom stereocenters. The summed E-state index contributed by atoms with van der Waals surface area (Å²) in [5.41, 5.74) is 3.62. The minimum Gasteiger partial charge on any atom is -0.348 e. The van der Waals surface area contributed by atoms with Gasteiger partial charge in [-0.05, 0) is 38.2 Å². The molecule has 0 aromatic carbocycles. The van der Waals surface area contributed by atoms with Gasteiger partial charge in [-0.2, -0.15) is 5.10 Å². The smallest absolute Gasteiger partial charge is 0.189 e. The van der Waals surface area contributed by atoms with E-state index in [-0.39, 0.29) is 0 Å². The minimum absolute atomic E-state index is 0.636. The summed E-state index contributed by atoms with van der Waals surface area (Å²) in [5, 5.41) is 4.67. The van der Waals surface area contributed by atoms with Crippen molar-refractivity contribution in [2.45, 2.75) is 13.8 Å². The number of rotatable bonds is 4. The number of hydrogen-bond donors (Lipinski definition) is 1. The topological polar surface area (TPSA) is 40.5 Å². The zero-order valence-corrected chi connectivity index (χ0v) is 10.4. The first kappa shape index (κ1) is 12.6. The van der Waals surface area contributed by atoms with Crippen LogP contribution in [0.3, 0.4) is 0 Å². The lowest BCUT2D eigenvalue weighted by Crippen LogP contribution is -2.37. The van der Waals surface area contributed by atoms with Gasteiger partial charge in [0, 0.05) is 19.3 Å². The Balaban J connectivity index is 2.45. The molecule has 4 nitrogen and oxygen atoms in total. The van der Waals surface area contributed by atoms with Crippen LogP contribution in [0.5, 0.6) is 0 Å². The van der Waals surface area contributed by atoms with E-state index < -0.39 is 0 Å². The average molecular weight is 236 g/mol. The summed E-state index contributed by atoms with van der Waals surface area (Å²) in [6.45, 7) is 5.86. The van der Waals surface area contributed by atoms with Crippen molar-refractivity contribution in [1.82, 2.24) is 15.3 Å². The van der Waals surface area contributed by atoms with Gasteiger partial charge >= 0.3 is 0 Å². The van der Waals surface area contributed by atoms with Crippen LogP contribution in [0.4, 0.5) is 0 Å². The predicted molar refractivity (Wildman–Crippen MR) is 70.5 cm³/mol. The maximum absolute atomic E-state index is 5.17. The third-order valence-corrected chi connectivity index (χ3v) is 2.44. The summed E-state index contributed by atoms with van der Waals surface area (Å²) in [6.07, 6.45) is 3.37. The van der Waals surface area contributed by atoms with Crippen LogP contribution in [-0.4, -0.2) is 34.3 Å². The fourth-order valence-electron chi connectivity index (χ4n) is 1.19. The third kappa shape index (κ3) is 3.94. The van der Waals surface area contributed by atoms with Crippen molar-refractivity contribution in [1.29, 1.82) is 0 Å². The van der Waals surface area contributed by atoms with E-state index in [9.17, 15) is 0 Å². The van der Waals surface area contributed by atoms with Crippen LogP contribution < -0.4 is 5.43 Å². The molecule has 1 aromatic heterocycles. The molecule has 1 N–H and O–H groups in total. The molecule has 0 saturated carbocycles. The first-order chi connectivity index (χ1) is 7.77. The monoisotopic (exact) mass is 236 g/mol. The van der Waals surface area contributed by atoms with Crippen LogP contribution in [-0.2, 0) is 0 Å². The Morgan fingerprint density at radius 3 is 2.81 bits per heavy atom. The molecule has 0 aliphatic rings. The highest BCUT2D eigenvalue weighted by atomic mass is 32.1. The largest absolute Gasteiger partial charge is 0.348 e. The van der Waals surface area contributed by atoms with Crippen molar-refractivity contribution >= 4 is 23.5 Å². The molecule has 0 atom stereocenters. The molecule has 0 aliphatic carbocycles. The fourth-order valence-corrected chi connectivity index (χ4v) is 1.50. The molecule has 0 saturated heterocycles. The Bertz CT molecular complexity index is 346. The lowest BCUT2D eigenvalue weighted by molar-refractivity contribution is 0.458. The van der Waals surface area contributed by atoms with Gasteiger partial charge in [-0.3, -0.25) is 10.4 Å². The van der Waals surface area contributed by atoms with Crippen molar-refractivity contribution in [3.8, 4) is 0 Å². The Labute approximate surface area is 101 Å². The van der Waals surface area contributed by atoms with Crippen LogP contribution in [0.25, 0.3) is 0 Å². The van der Waals surface area contributed by atoms with Crippen LogP contribution in [0.15, 0.2) is 29.5 Å². The molecule has 0 fully saturated rings. The van der Waals surface area contributed by atoms with Crippen molar-refractivity contribution in [2.75, 3.05) is 13.1 Å². The molecule has 0 bridgehead atoms. The zero-order chi connectivity index (χ0) is 11.8. The molecular formula is C11H16N4S. The lowest BCUT2D eigenvalue weighted by Gasteiger charge is -2.20. The van der Waals surface area contributed by atoms with Gasteiger partial charge < -0.3 is 4.90 Å². The molecule has 16 heavy (non-hydrogen) atoms. The van der Waals surface area contributed by atoms with Gasteiger partial charge in [0.2, 0.25) is 0 Å². The van der Waals surface area contributed by atoms with Gasteiger partial charge in [-0.15, -0.1) is 0 Å². The molecule has 0 spiro atoms. The summed E-state index contributed by atoms with van der Waals surface area (Å²) < 4.78 is 0. The van der Waals surface area contributed by atoms with Gasteiger partial charge in [-0.1, -0.05) is 6.07 Å². The number of hydrazone groups is 1. The molecule has 0 radical (unpaired) electrons. The van der Waals surface area contributed by atoms with E-state index >= 15 is 0 Å². The van der Waals surface area contributed by atoms with Gasteiger partial charge in [0.15, 0.2) is 5.11 Å². The van der Waals surface area contributed by atoms with E-state index in [1.165, 1.54) is 0 Å². The highest BCUT2D eigenvalue weighted by molar-refractivity contribution is 7.80. The summed E-state index contributed by atoms with van der Waals surface area (Å²) in [4.78, 5) is 6.13. The van der Waals surface area contributed by atoms with Crippen molar-refractivity contribution in [3.63, 3.8) is 0 Å². The number of pyridine rings is 1. The van der Waals surface area contributed by atoms with E-state index in [0.29, 0.717) is 5.11 Å². The van der Waals surface area contributed by atoms with Crippen molar-refractivity contribution in [2.24, 2.45) is 5.10 Å². The minimum atomic E-state index is 0.636. The lowest BCUT2D eigenvalue weighted by atomic mass is 10.4. The van der Waals surface area contributed by atoms with Crippen molar-refractivity contribution < 1.29 is 0 Å². The number of aromatic nitrogens is 1. The Morgan fingerprint density at radius 1 is 1.50 bits per heavy atom. The van der Waals surface area contributed by atoms with E-state index in [1.807, 2.05) is 23.1 Å². The molecule has 86 valence electrons. The quantitative estimate of drug-likeness (QED) is 0.490. The second kappa shape index (κ2) is 6.90. The number of nitrogens with zero attached hydrogens (tertiary/aromatic N) is 3. The van der Waals surface area contributed by atoms with Gasteiger partial charge in [0.1, 0.15) is 0 Å². The van der Waals surface area contributed by atoms with Crippen molar-refractivity contribution in [3.05, 3.63) is 30.1 Å². The maximum atomic E-state index is 5.17. The van der Waals surface area contributed by atoms with Gasteiger partial charge in [-0.25, -0.2) is 0 Å². The van der Waals surface area contributed by atoms with Crippen LogP contribution >= 0.6 is 12.2 Å². The Kier molecular flexibility index (Phi) is 5.42. The fraction of sp³-hybridized carbons (Fsp3) is 0.364. The van der Waals surface area contributed by atoms with Crippen LogP contribution in [0, 0.1) is 0 Å². The summed E-state index contributed by atoms with van der Waals surface area (Å²) in [7, 11) is 0. The number of nitrogens with one attached hydrogen (secondary N) is 1. The van der Waals surface area contributed by atoms with Gasteiger partial charge in [0.05, 0.1) is 11.9 Å². The standard InChI is InChI=1S/C11H16N4S/c1-3-15(4-2)11(16)14-13-9-10-7-5-6-8-12-10/h5-9H,3-4H2,1-2H3,(H,14,16). The average Bonchev–Trinajstić information content (AvgIpc) is 2.32. The molecule has 5 heteroatoms. The summed E-state index contributed by atoms with van der Waals surface area (Å²) in [6, 6.07) is 5.66. The molecule has 1 aromatic rings. The van der Waals surface area contributed by atoms with Gasteiger partial charge in [0.25, 0.3) is 0 Å². The normalized spacial score (nSPS) is 10.4. The molecule has 1 rings (SSSR count). The Hall–Kier alpha value is -1.49. The first-order valence-electron chi connectivity index (χ1n) is 5.27. The van der Waals surface area contributed by atoms with Crippen LogP contribution in [0.1, 0.15) is 19.5 Å². The molecule has 0 aliphatic heterocycles. The van der Waals surface area contributed by atoms with Crippen LogP contribution in [0.2, 0.25) is 0 Å². The second-order valence-electron chi connectivity index (χ2n) is 3.10. The SMILES string of the molecule is CCN(CC)C(=S)NN=Cc1ccccn1. The summed E-state index contributed by atoms with van der Waals surface area (Å²) >= 11 is 5.17. The number of thiocarbonyl (C=S) groups is 1. The molecule has 0 amide bonds. The van der Waals surface area contributed by atoms with E-state index in [2.05, 4.69) is 29.4 Å². The number of hydrogen-bond acceptors (Lipinski definition) is 3. The zero-order valence-electron chi connectivity index (χ0n) is 9.55. The predicted octanol–water partition coefficient (Wildman–Crippen LogP) is 1.63. The Morgan fingerprint density at radius 2 is 2.25 bits per heavy atom. The first-order valence-corrected chi connectivity index (χ1v) is 5.67. The second-order valence-corrected chi connectivity index (χ2v) is 3.49. The highest BCUT2D eigenvalue weighted by Gasteiger charge is 2.01. The van der Waals surface area contributed by atoms with E-state index in [0.717, 1.165) is 18.8 Å². The van der Waals surface area contributed by atoms with E-state index in [1.54, 1.807) is 12.4 Å². The highest BCUT2D eigenvalue weighted by Crippen LogP contribution is 1.90.